The van der Waals surface area contributed by atoms with Gasteiger partial charge >= 0.3 is 0 Å². The summed E-state index contributed by atoms with van der Waals surface area (Å²) in [5, 5.41) is 5.28. The normalized spacial score (nSPS) is 10.5. The largest absolute Gasteiger partial charge is 0.338 e. The molecule has 2 aromatic carbocycles. The Balaban J connectivity index is 1.90. The first-order chi connectivity index (χ1) is 11.2. The number of fused-ring (bicyclic) bond motifs is 1. The third-order valence-electron chi connectivity index (χ3n) is 3.33. The zero-order valence-corrected chi connectivity index (χ0v) is 12.2. The van der Waals surface area contributed by atoms with Crippen LogP contribution >= 0.6 is 0 Å². The molecule has 5 N–H and O–H groups in total. The monoisotopic (exact) mass is 309 g/mol. The number of aromatic amines is 1. The minimum Gasteiger partial charge on any atom is -0.338 e. The quantitative estimate of drug-likeness (QED) is 0.537. The fourth-order valence-corrected chi connectivity index (χ4v) is 2.23. The molecule has 116 valence electrons. The summed E-state index contributed by atoms with van der Waals surface area (Å²) < 4.78 is 0. The van der Waals surface area contributed by atoms with Gasteiger partial charge < -0.3 is 21.4 Å². The van der Waals surface area contributed by atoms with Crippen molar-refractivity contribution < 1.29 is 9.59 Å². The standard InChI is InChI=1S/C16H15N5O2/c17-8-15(23)19-12-5-6-13-14(7-12)21-16(20-13)10-1-3-11(4-2-10)18-9-22/h1-7,9H,8,17H2,(H,18,22)(H,19,23)(H,20,21). The number of imidazole rings is 1. The molecular formula is C16H15N5O2. The van der Waals surface area contributed by atoms with E-state index < -0.39 is 0 Å². The first-order valence-corrected chi connectivity index (χ1v) is 7.00. The molecule has 0 bridgehead atoms. The molecule has 0 fully saturated rings. The van der Waals surface area contributed by atoms with Crippen LogP contribution in [0.2, 0.25) is 0 Å². The lowest BCUT2D eigenvalue weighted by Crippen LogP contribution is -2.21. The maximum atomic E-state index is 11.3. The molecule has 3 rings (SSSR count). The molecule has 0 atom stereocenters. The van der Waals surface area contributed by atoms with Crippen molar-refractivity contribution in [1.29, 1.82) is 0 Å². The van der Waals surface area contributed by atoms with E-state index in [1.54, 1.807) is 18.2 Å². The number of benzene rings is 2. The van der Waals surface area contributed by atoms with E-state index >= 15 is 0 Å². The highest BCUT2D eigenvalue weighted by molar-refractivity contribution is 5.94. The van der Waals surface area contributed by atoms with Crippen molar-refractivity contribution in [3.05, 3.63) is 42.5 Å². The zero-order valence-electron chi connectivity index (χ0n) is 12.2. The number of carbonyl (C=O) groups is 2. The van der Waals surface area contributed by atoms with Gasteiger partial charge in [0.05, 0.1) is 17.6 Å². The maximum Gasteiger partial charge on any atom is 0.238 e. The van der Waals surface area contributed by atoms with Gasteiger partial charge in [-0.05, 0) is 42.5 Å². The Morgan fingerprint density at radius 1 is 1.17 bits per heavy atom. The van der Waals surface area contributed by atoms with Crippen LogP contribution < -0.4 is 16.4 Å². The molecule has 0 unspecified atom stereocenters. The van der Waals surface area contributed by atoms with Gasteiger partial charge in [0.1, 0.15) is 5.82 Å². The molecule has 0 aliphatic heterocycles. The highest BCUT2D eigenvalue weighted by Crippen LogP contribution is 2.24. The van der Waals surface area contributed by atoms with Gasteiger partial charge in [-0.3, -0.25) is 9.59 Å². The number of H-pyrrole nitrogens is 1. The Kier molecular flexibility index (Phi) is 4.03. The third-order valence-corrected chi connectivity index (χ3v) is 3.33. The smallest absolute Gasteiger partial charge is 0.238 e. The van der Waals surface area contributed by atoms with Crippen LogP contribution in [0.5, 0.6) is 0 Å². The molecular weight excluding hydrogens is 294 g/mol. The summed E-state index contributed by atoms with van der Waals surface area (Å²) in [4.78, 5) is 29.5. The summed E-state index contributed by atoms with van der Waals surface area (Å²) in [6, 6.07) is 12.7. The molecule has 1 heterocycles. The Labute approximate surface area is 131 Å². The maximum absolute atomic E-state index is 11.3. The van der Waals surface area contributed by atoms with Crippen molar-refractivity contribution >= 4 is 34.7 Å². The van der Waals surface area contributed by atoms with Gasteiger partial charge in [0.2, 0.25) is 12.3 Å². The van der Waals surface area contributed by atoms with Gasteiger partial charge in [-0.25, -0.2) is 4.98 Å². The number of rotatable bonds is 5. The Morgan fingerprint density at radius 2 is 1.91 bits per heavy atom. The summed E-state index contributed by atoms with van der Waals surface area (Å²) >= 11 is 0. The highest BCUT2D eigenvalue weighted by atomic mass is 16.1. The molecule has 7 heteroatoms. The number of hydrogen-bond acceptors (Lipinski definition) is 4. The highest BCUT2D eigenvalue weighted by Gasteiger charge is 2.07. The molecule has 0 aliphatic carbocycles. The van der Waals surface area contributed by atoms with Crippen LogP contribution in [0, 0.1) is 0 Å². The Morgan fingerprint density at radius 3 is 2.61 bits per heavy atom. The Bertz CT molecular complexity index is 855. The predicted molar refractivity (Wildman–Crippen MR) is 88.9 cm³/mol. The fraction of sp³-hybridized carbons (Fsp3) is 0.0625. The number of nitrogens with zero attached hydrogens (tertiary/aromatic N) is 1. The molecule has 1 aromatic heterocycles. The number of nitrogens with two attached hydrogens (primary N) is 1. The number of nitrogens with one attached hydrogen (secondary N) is 3. The number of hydrogen-bond donors (Lipinski definition) is 4. The number of anilines is 2. The minimum absolute atomic E-state index is 0.0621. The topological polar surface area (TPSA) is 113 Å². The predicted octanol–water partition coefficient (Wildman–Crippen LogP) is 1.70. The van der Waals surface area contributed by atoms with Gasteiger partial charge in [0.15, 0.2) is 0 Å². The Hall–Kier alpha value is -3.19. The van der Waals surface area contributed by atoms with Crippen molar-refractivity contribution in [2.45, 2.75) is 0 Å². The van der Waals surface area contributed by atoms with Crippen LogP contribution in [0.3, 0.4) is 0 Å². The van der Waals surface area contributed by atoms with Crippen molar-refractivity contribution in [2.24, 2.45) is 5.73 Å². The van der Waals surface area contributed by atoms with Crippen molar-refractivity contribution in [3.63, 3.8) is 0 Å². The minimum atomic E-state index is -0.248. The summed E-state index contributed by atoms with van der Waals surface area (Å²) in [6.45, 7) is -0.0621. The van der Waals surface area contributed by atoms with Crippen LogP contribution in [-0.4, -0.2) is 28.8 Å². The number of aromatic nitrogens is 2. The molecule has 2 amide bonds. The van der Waals surface area contributed by atoms with Crippen LogP contribution in [0.25, 0.3) is 22.4 Å². The number of carbonyl (C=O) groups excluding carboxylic acids is 2. The third kappa shape index (κ3) is 3.19. The molecule has 0 aliphatic rings. The van der Waals surface area contributed by atoms with E-state index in [0.29, 0.717) is 23.6 Å². The average molecular weight is 309 g/mol. The second-order valence-electron chi connectivity index (χ2n) is 4.91. The summed E-state index contributed by atoms with van der Waals surface area (Å²) in [5.74, 6) is 0.460. The lowest BCUT2D eigenvalue weighted by Gasteiger charge is -2.02. The molecule has 23 heavy (non-hydrogen) atoms. The van der Waals surface area contributed by atoms with Gasteiger partial charge in [-0.15, -0.1) is 0 Å². The SMILES string of the molecule is NCC(=O)Nc1ccc2nc(-c3ccc(NC=O)cc3)[nH]c2c1. The van der Waals surface area contributed by atoms with E-state index in [4.69, 9.17) is 5.73 Å². The van der Waals surface area contributed by atoms with Gasteiger partial charge in [-0.2, -0.15) is 0 Å². The second kappa shape index (κ2) is 6.29. The van der Waals surface area contributed by atoms with E-state index in [0.717, 1.165) is 16.6 Å². The summed E-state index contributed by atoms with van der Waals surface area (Å²) in [7, 11) is 0. The number of amides is 2. The van der Waals surface area contributed by atoms with Crippen molar-refractivity contribution in [3.8, 4) is 11.4 Å². The molecule has 7 nitrogen and oxygen atoms in total. The van der Waals surface area contributed by atoms with Crippen LogP contribution in [0.15, 0.2) is 42.5 Å². The lowest BCUT2D eigenvalue weighted by molar-refractivity contribution is -0.115. The van der Waals surface area contributed by atoms with E-state index in [9.17, 15) is 9.59 Å². The van der Waals surface area contributed by atoms with E-state index in [1.807, 2.05) is 24.3 Å². The van der Waals surface area contributed by atoms with E-state index in [2.05, 4.69) is 20.6 Å². The lowest BCUT2D eigenvalue weighted by atomic mass is 10.2. The van der Waals surface area contributed by atoms with Gasteiger partial charge in [0.25, 0.3) is 0 Å². The van der Waals surface area contributed by atoms with Crippen LogP contribution in [0.1, 0.15) is 0 Å². The molecule has 3 aromatic rings. The van der Waals surface area contributed by atoms with Crippen molar-refractivity contribution in [2.75, 3.05) is 17.2 Å². The molecule has 0 saturated carbocycles. The fourth-order valence-electron chi connectivity index (χ4n) is 2.23. The van der Waals surface area contributed by atoms with Crippen LogP contribution in [-0.2, 0) is 9.59 Å². The van der Waals surface area contributed by atoms with Crippen molar-refractivity contribution in [1.82, 2.24) is 9.97 Å². The van der Waals surface area contributed by atoms with E-state index in [1.165, 1.54) is 0 Å². The summed E-state index contributed by atoms with van der Waals surface area (Å²) in [5.41, 5.74) is 9.16. The zero-order chi connectivity index (χ0) is 16.2. The average Bonchev–Trinajstić information content (AvgIpc) is 2.99. The molecule has 0 radical (unpaired) electrons. The van der Waals surface area contributed by atoms with Crippen LogP contribution in [0.4, 0.5) is 11.4 Å². The van der Waals surface area contributed by atoms with Gasteiger partial charge in [-0.1, -0.05) is 0 Å². The van der Waals surface area contributed by atoms with E-state index in [-0.39, 0.29) is 12.5 Å². The first kappa shape index (κ1) is 14.7. The first-order valence-electron chi connectivity index (χ1n) is 7.00. The summed E-state index contributed by atoms with van der Waals surface area (Å²) in [6.07, 6.45) is 0.632. The second-order valence-corrected chi connectivity index (χ2v) is 4.91. The molecule has 0 spiro atoms. The van der Waals surface area contributed by atoms with Gasteiger partial charge in [0, 0.05) is 16.9 Å². The molecule has 0 saturated heterocycles.